The third-order valence-corrected chi connectivity index (χ3v) is 5.00. The fourth-order valence-electron chi connectivity index (χ4n) is 3.16. The number of amides is 1. The highest BCUT2D eigenvalue weighted by atomic mass is 35.5. The topological polar surface area (TPSA) is 117 Å². The van der Waals surface area contributed by atoms with Crippen molar-refractivity contribution in [3.05, 3.63) is 105 Å². The molecule has 5 N–H and O–H groups in total. The number of carboxylic acid groups (broad SMARTS) is 1. The molecule has 0 unspecified atom stereocenters. The second-order valence-electron chi connectivity index (χ2n) is 6.94. The van der Waals surface area contributed by atoms with E-state index in [2.05, 4.69) is 15.7 Å². The molecule has 168 valence electrons. The molecule has 33 heavy (non-hydrogen) atoms. The Morgan fingerprint density at radius 3 is 2.33 bits per heavy atom. The van der Waals surface area contributed by atoms with E-state index in [0.717, 1.165) is 11.6 Å². The van der Waals surface area contributed by atoms with Crippen LogP contribution in [0.15, 0.2) is 77.9 Å². The van der Waals surface area contributed by atoms with Crippen LogP contribution in [0, 0.1) is 0 Å². The number of nitrogens with one attached hydrogen (secondary N) is 2. The number of halogens is 2. The second-order valence-corrected chi connectivity index (χ2v) is 7.81. The number of benzene rings is 3. The van der Waals surface area contributed by atoms with E-state index in [0.29, 0.717) is 38.0 Å². The summed E-state index contributed by atoms with van der Waals surface area (Å²) in [4.78, 5) is 24.0. The van der Waals surface area contributed by atoms with Gasteiger partial charge in [0.15, 0.2) is 0 Å². The van der Waals surface area contributed by atoms with Gasteiger partial charge in [-0.05, 0) is 64.7 Å². The Balaban J connectivity index is 1.81. The molecule has 0 radical (unpaired) electrons. The van der Waals surface area contributed by atoms with E-state index < -0.39 is 5.97 Å². The molecule has 0 fully saturated rings. The van der Waals surface area contributed by atoms with Gasteiger partial charge in [0.2, 0.25) is 0 Å². The van der Waals surface area contributed by atoms with Gasteiger partial charge in [-0.3, -0.25) is 4.79 Å². The molecule has 0 aliphatic heterocycles. The van der Waals surface area contributed by atoms with Crippen molar-refractivity contribution in [3.63, 3.8) is 0 Å². The molecule has 1 amide bonds. The van der Waals surface area contributed by atoms with Crippen molar-refractivity contribution in [2.45, 2.75) is 6.54 Å². The number of carboxylic acids is 1. The molecular weight excluding hydrogens is 463 g/mol. The Labute approximate surface area is 200 Å². The Kier molecular flexibility index (Phi) is 8.07. The molecule has 0 aromatic heterocycles. The first-order chi connectivity index (χ1) is 15.9. The number of rotatable bonds is 8. The van der Waals surface area contributed by atoms with Crippen LogP contribution in [0.1, 0.15) is 27.0 Å². The molecule has 0 aliphatic rings. The third kappa shape index (κ3) is 6.83. The van der Waals surface area contributed by atoms with Crippen LogP contribution in [0.5, 0.6) is 0 Å². The lowest BCUT2D eigenvalue weighted by Crippen LogP contribution is -2.22. The zero-order valence-electron chi connectivity index (χ0n) is 17.3. The minimum absolute atomic E-state index is 0.241. The minimum Gasteiger partial charge on any atom is -0.478 e. The lowest BCUT2D eigenvalue weighted by Gasteiger charge is -2.12. The highest BCUT2D eigenvalue weighted by Crippen LogP contribution is 2.29. The first-order valence-corrected chi connectivity index (χ1v) is 10.5. The molecule has 0 bridgehead atoms. The van der Waals surface area contributed by atoms with Gasteiger partial charge < -0.3 is 21.6 Å². The maximum atomic E-state index is 12.6. The van der Waals surface area contributed by atoms with E-state index in [1.54, 1.807) is 60.7 Å². The fourth-order valence-corrected chi connectivity index (χ4v) is 3.69. The van der Waals surface area contributed by atoms with E-state index in [9.17, 15) is 14.7 Å². The smallest absolute Gasteiger partial charge is 0.328 e. The standard InChI is InChI=1S/C24H20Cl2N4O3/c25-19-8-18(9-20(26)11-19)22(12-23(31)32)16-4-1-3-15(7-16)13-28-24(33)17-5-2-6-21(10-17)29-14-30-27/h1-12,14H,13,27H2,(H,28,33)(H,29,30)(H,31,32). The second kappa shape index (κ2) is 11.2. The average Bonchev–Trinajstić information content (AvgIpc) is 2.79. The predicted octanol–water partition coefficient (Wildman–Crippen LogP) is 4.75. The molecule has 0 atom stereocenters. The van der Waals surface area contributed by atoms with E-state index in [-0.39, 0.29) is 12.5 Å². The quantitative estimate of drug-likeness (QED) is 0.121. The van der Waals surface area contributed by atoms with Crippen molar-refractivity contribution < 1.29 is 14.7 Å². The molecule has 0 saturated carbocycles. The zero-order chi connectivity index (χ0) is 23.8. The van der Waals surface area contributed by atoms with Crippen LogP contribution < -0.4 is 16.5 Å². The molecule has 0 saturated heterocycles. The maximum absolute atomic E-state index is 12.6. The van der Waals surface area contributed by atoms with Crippen LogP contribution in [0.3, 0.4) is 0 Å². The number of aliphatic carboxylic acids is 1. The average molecular weight is 483 g/mol. The van der Waals surface area contributed by atoms with E-state index >= 15 is 0 Å². The molecular formula is C24H20Cl2N4O3. The van der Waals surface area contributed by atoms with E-state index in [4.69, 9.17) is 29.0 Å². The number of hydrogen-bond donors (Lipinski definition) is 4. The van der Waals surface area contributed by atoms with Gasteiger partial charge in [0.05, 0.1) is 0 Å². The first kappa shape index (κ1) is 23.8. The molecule has 0 heterocycles. The minimum atomic E-state index is -1.10. The van der Waals surface area contributed by atoms with Crippen LogP contribution in [0.25, 0.3) is 5.57 Å². The molecule has 0 spiro atoms. The van der Waals surface area contributed by atoms with Gasteiger partial charge in [0.25, 0.3) is 5.91 Å². The number of nitrogens with zero attached hydrogens (tertiary/aromatic N) is 1. The zero-order valence-corrected chi connectivity index (χ0v) is 18.8. The van der Waals surface area contributed by atoms with Gasteiger partial charge in [0, 0.05) is 33.9 Å². The summed E-state index contributed by atoms with van der Waals surface area (Å²) < 4.78 is 0. The Morgan fingerprint density at radius 2 is 1.64 bits per heavy atom. The summed E-state index contributed by atoms with van der Waals surface area (Å²) in [6, 6.07) is 18.9. The van der Waals surface area contributed by atoms with Crippen molar-refractivity contribution in [1.29, 1.82) is 0 Å². The van der Waals surface area contributed by atoms with Crippen molar-refractivity contribution in [2.24, 2.45) is 10.9 Å². The van der Waals surface area contributed by atoms with Crippen molar-refractivity contribution >= 4 is 52.7 Å². The van der Waals surface area contributed by atoms with Crippen LogP contribution in [-0.4, -0.2) is 23.3 Å². The Hall–Kier alpha value is -3.81. The summed E-state index contributed by atoms with van der Waals surface area (Å²) in [5, 5.41) is 19.2. The summed E-state index contributed by atoms with van der Waals surface area (Å²) >= 11 is 12.2. The number of carbonyl (C=O) groups is 2. The summed E-state index contributed by atoms with van der Waals surface area (Å²) in [6.07, 6.45) is 2.42. The largest absolute Gasteiger partial charge is 0.478 e. The van der Waals surface area contributed by atoms with E-state index in [1.807, 2.05) is 6.07 Å². The van der Waals surface area contributed by atoms with Gasteiger partial charge >= 0.3 is 5.97 Å². The number of hydrogen-bond acceptors (Lipinski definition) is 4. The number of carbonyl (C=O) groups excluding carboxylic acids is 1. The molecule has 3 aromatic rings. The summed E-state index contributed by atoms with van der Waals surface area (Å²) in [5.74, 6) is 3.71. The van der Waals surface area contributed by atoms with Gasteiger partial charge in [-0.2, -0.15) is 5.10 Å². The monoisotopic (exact) mass is 482 g/mol. The fraction of sp³-hybridized carbons (Fsp3) is 0.0417. The summed E-state index contributed by atoms with van der Waals surface area (Å²) in [6.45, 7) is 0.241. The number of nitrogens with two attached hydrogens (primary N) is 1. The lowest BCUT2D eigenvalue weighted by molar-refractivity contribution is -0.131. The highest BCUT2D eigenvalue weighted by molar-refractivity contribution is 6.35. The highest BCUT2D eigenvalue weighted by Gasteiger charge is 2.11. The van der Waals surface area contributed by atoms with Crippen molar-refractivity contribution in [3.8, 4) is 0 Å². The molecule has 0 aliphatic carbocycles. The van der Waals surface area contributed by atoms with Crippen molar-refractivity contribution in [1.82, 2.24) is 5.32 Å². The van der Waals surface area contributed by atoms with Crippen LogP contribution in [0.2, 0.25) is 10.0 Å². The van der Waals surface area contributed by atoms with Crippen LogP contribution in [-0.2, 0) is 11.3 Å². The van der Waals surface area contributed by atoms with Crippen molar-refractivity contribution in [2.75, 3.05) is 5.32 Å². The van der Waals surface area contributed by atoms with Crippen LogP contribution in [0.4, 0.5) is 5.69 Å². The molecule has 7 nitrogen and oxygen atoms in total. The SMILES string of the molecule is NN=CNc1cccc(C(=O)NCc2cccc(C(=CC(=O)O)c3cc(Cl)cc(Cl)c3)c2)c1. The first-order valence-electron chi connectivity index (χ1n) is 9.72. The summed E-state index contributed by atoms with van der Waals surface area (Å²) in [5.41, 5.74) is 3.58. The normalized spacial score (nSPS) is 11.4. The summed E-state index contributed by atoms with van der Waals surface area (Å²) in [7, 11) is 0. The Bertz CT molecular complexity index is 1220. The molecule has 3 aromatic carbocycles. The van der Waals surface area contributed by atoms with Gasteiger partial charge in [-0.1, -0.05) is 47.5 Å². The van der Waals surface area contributed by atoms with Crippen LogP contribution >= 0.6 is 23.2 Å². The third-order valence-electron chi connectivity index (χ3n) is 4.56. The van der Waals surface area contributed by atoms with Gasteiger partial charge in [0.1, 0.15) is 6.34 Å². The molecule has 9 heteroatoms. The van der Waals surface area contributed by atoms with Gasteiger partial charge in [-0.25, -0.2) is 4.79 Å². The number of hydrazone groups is 1. The molecule has 3 rings (SSSR count). The predicted molar refractivity (Wildman–Crippen MR) is 132 cm³/mol. The Morgan fingerprint density at radius 1 is 0.939 bits per heavy atom. The number of anilines is 1. The van der Waals surface area contributed by atoms with E-state index in [1.165, 1.54) is 6.34 Å². The lowest BCUT2D eigenvalue weighted by atomic mass is 9.96. The van der Waals surface area contributed by atoms with Gasteiger partial charge in [-0.15, -0.1) is 0 Å². The maximum Gasteiger partial charge on any atom is 0.328 e.